The lowest BCUT2D eigenvalue weighted by Crippen LogP contribution is -2.15. The molecule has 0 bridgehead atoms. The highest BCUT2D eigenvalue weighted by Crippen LogP contribution is 2.37. The van der Waals surface area contributed by atoms with Crippen LogP contribution in [-0.2, 0) is 0 Å². The van der Waals surface area contributed by atoms with Gasteiger partial charge in [0, 0.05) is 11.4 Å². The predicted molar refractivity (Wildman–Crippen MR) is 72.0 cm³/mol. The van der Waals surface area contributed by atoms with Crippen LogP contribution in [0.15, 0.2) is 15.7 Å². The van der Waals surface area contributed by atoms with Crippen LogP contribution < -0.4 is 0 Å². The molecule has 0 radical (unpaired) electrons. The average molecular weight is 322 g/mol. The molecular formula is C11H14BrClN2S. The summed E-state index contributed by atoms with van der Waals surface area (Å²) in [6, 6.07) is 0. The molecule has 0 saturated heterocycles. The Kier molecular flexibility index (Phi) is 4.50. The van der Waals surface area contributed by atoms with Crippen molar-refractivity contribution in [3.8, 4) is 0 Å². The number of aromatic nitrogens is 2. The zero-order chi connectivity index (χ0) is 11.5. The Bertz CT molecular complexity index is 375. The van der Waals surface area contributed by atoms with E-state index < -0.39 is 0 Å². The summed E-state index contributed by atoms with van der Waals surface area (Å²) in [4.78, 5) is 8.20. The Balaban J connectivity index is 2.05. The van der Waals surface area contributed by atoms with E-state index in [0.29, 0.717) is 10.5 Å². The van der Waals surface area contributed by atoms with E-state index >= 15 is 0 Å². The second kappa shape index (κ2) is 5.69. The van der Waals surface area contributed by atoms with Crippen LogP contribution in [0.5, 0.6) is 0 Å². The number of nitrogens with zero attached hydrogens (tertiary/aromatic N) is 2. The molecule has 2 unspecified atom stereocenters. The van der Waals surface area contributed by atoms with E-state index in [9.17, 15) is 0 Å². The summed E-state index contributed by atoms with van der Waals surface area (Å²) in [5.74, 6) is 0.835. The van der Waals surface area contributed by atoms with Gasteiger partial charge >= 0.3 is 0 Å². The van der Waals surface area contributed by atoms with Gasteiger partial charge in [0.15, 0.2) is 0 Å². The Labute approximate surface area is 114 Å². The number of rotatable bonds is 2. The van der Waals surface area contributed by atoms with Crippen molar-refractivity contribution in [2.45, 2.75) is 42.9 Å². The van der Waals surface area contributed by atoms with E-state index in [-0.39, 0.29) is 0 Å². The first kappa shape index (κ1) is 12.7. The van der Waals surface area contributed by atoms with E-state index in [4.69, 9.17) is 11.6 Å². The fraction of sp³-hybridized carbons (Fsp3) is 0.636. The third-order valence-electron chi connectivity index (χ3n) is 2.85. The first-order valence-corrected chi connectivity index (χ1v) is 7.55. The number of halogens is 2. The normalized spacial score (nSPS) is 25.7. The van der Waals surface area contributed by atoms with Gasteiger partial charge < -0.3 is 0 Å². The monoisotopic (exact) mass is 320 g/mol. The Morgan fingerprint density at radius 1 is 1.50 bits per heavy atom. The van der Waals surface area contributed by atoms with Gasteiger partial charge in [-0.3, -0.25) is 0 Å². The van der Waals surface area contributed by atoms with Gasteiger partial charge in [0.2, 0.25) is 5.28 Å². The van der Waals surface area contributed by atoms with Crippen LogP contribution in [0.3, 0.4) is 0 Å². The van der Waals surface area contributed by atoms with Gasteiger partial charge in [-0.15, -0.1) is 11.8 Å². The molecular weight excluding hydrogens is 308 g/mol. The summed E-state index contributed by atoms with van der Waals surface area (Å²) in [6.45, 7) is 2.33. The Hall–Kier alpha value is 0.200. The van der Waals surface area contributed by atoms with Crippen LogP contribution >= 0.6 is 39.3 Å². The lowest BCUT2D eigenvalue weighted by atomic mass is 9.91. The Morgan fingerprint density at radius 2 is 2.31 bits per heavy atom. The minimum atomic E-state index is 0.328. The van der Waals surface area contributed by atoms with Crippen molar-refractivity contribution < 1.29 is 0 Å². The Morgan fingerprint density at radius 3 is 3.06 bits per heavy atom. The zero-order valence-corrected chi connectivity index (χ0v) is 12.3. The molecule has 2 rings (SSSR count). The molecule has 1 heterocycles. The van der Waals surface area contributed by atoms with Gasteiger partial charge in [-0.05, 0) is 46.3 Å². The average Bonchev–Trinajstić information content (AvgIpc) is 2.24. The standard InChI is InChI=1S/C11H14BrClN2S/c1-7-3-2-4-8(5-7)16-10-9(12)6-14-11(13)15-10/h6-8H,2-5H2,1H3. The van der Waals surface area contributed by atoms with Gasteiger partial charge in [0.1, 0.15) is 5.03 Å². The quantitative estimate of drug-likeness (QED) is 0.590. The molecule has 1 fully saturated rings. The first-order chi connectivity index (χ1) is 7.65. The molecule has 0 spiro atoms. The first-order valence-electron chi connectivity index (χ1n) is 5.50. The molecule has 2 atom stereocenters. The lowest BCUT2D eigenvalue weighted by Gasteiger charge is -2.25. The molecule has 1 saturated carbocycles. The fourth-order valence-electron chi connectivity index (χ4n) is 2.06. The second-order valence-corrected chi connectivity index (χ2v) is 6.79. The highest BCUT2D eigenvalue weighted by molar-refractivity contribution is 9.10. The van der Waals surface area contributed by atoms with Gasteiger partial charge in [-0.25, -0.2) is 9.97 Å². The van der Waals surface area contributed by atoms with Crippen molar-refractivity contribution in [1.29, 1.82) is 0 Å². The van der Waals surface area contributed by atoms with Gasteiger partial charge in [-0.2, -0.15) is 0 Å². The summed E-state index contributed by atoms with van der Waals surface area (Å²) < 4.78 is 0.945. The molecule has 0 aliphatic heterocycles. The van der Waals surface area contributed by atoms with E-state index in [1.54, 1.807) is 6.20 Å². The molecule has 2 nitrogen and oxygen atoms in total. The van der Waals surface area contributed by atoms with Crippen LogP contribution in [-0.4, -0.2) is 15.2 Å². The summed E-state index contributed by atoms with van der Waals surface area (Å²) in [5, 5.41) is 1.97. The highest BCUT2D eigenvalue weighted by Gasteiger charge is 2.21. The molecule has 88 valence electrons. The van der Waals surface area contributed by atoms with Crippen LogP contribution in [0.2, 0.25) is 5.28 Å². The number of hydrogen-bond acceptors (Lipinski definition) is 3. The van der Waals surface area contributed by atoms with Gasteiger partial charge in [0.25, 0.3) is 0 Å². The van der Waals surface area contributed by atoms with Crippen LogP contribution in [0.4, 0.5) is 0 Å². The molecule has 1 aromatic rings. The molecule has 5 heteroatoms. The molecule has 1 aliphatic rings. The third kappa shape index (κ3) is 3.34. The van der Waals surface area contributed by atoms with E-state index in [2.05, 4.69) is 32.8 Å². The van der Waals surface area contributed by atoms with Crippen LogP contribution in [0.25, 0.3) is 0 Å². The molecule has 1 aromatic heterocycles. The third-order valence-corrected chi connectivity index (χ3v) is 5.17. The maximum absolute atomic E-state index is 5.81. The zero-order valence-electron chi connectivity index (χ0n) is 9.12. The highest BCUT2D eigenvalue weighted by atomic mass is 79.9. The van der Waals surface area contributed by atoms with Crippen LogP contribution in [0.1, 0.15) is 32.6 Å². The molecule has 1 aliphatic carbocycles. The smallest absolute Gasteiger partial charge is 0.223 e. The summed E-state index contributed by atoms with van der Waals surface area (Å²) in [7, 11) is 0. The maximum Gasteiger partial charge on any atom is 0.223 e. The van der Waals surface area contributed by atoms with Crippen LogP contribution in [0, 0.1) is 5.92 Å². The number of hydrogen-bond donors (Lipinski definition) is 0. The topological polar surface area (TPSA) is 25.8 Å². The molecule has 16 heavy (non-hydrogen) atoms. The predicted octanol–water partition coefficient (Wildman–Crippen LogP) is 4.56. The second-order valence-electron chi connectivity index (χ2n) is 4.30. The fourth-order valence-corrected chi connectivity index (χ4v) is 4.04. The van der Waals surface area contributed by atoms with Gasteiger partial charge in [-0.1, -0.05) is 19.8 Å². The molecule has 0 aromatic carbocycles. The van der Waals surface area contributed by atoms with E-state index in [1.165, 1.54) is 25.7 Å². The minimum absolute atomic E-state index is 0.328. The SMILES string of the molecule is CC1CCCC(Sc2nc(Cl)ncc2Br)C1. The number of thioether (sulfide) groups is 1. The van der Waals surface area contributed by atoms with E-state index in [1.807, 2.05) is 11.8 Å². The van der Waals surface area contributed by atoms with Crippen molar-refractivity contribution in [1.82, 2.24) is 9.97 Å². The largest absolute Gasteiger partial charge is 0.225 e. The molecule has 0 N–H and O–H groups in total. The summed E-state index contributed by atoms with van der Waals surface area (Å²) in [6.07, 6.45) is 6.98. The summed E-state index contributed by atoms with van der Waals surface area (Å²) >= 11 is 11.1. The van der Waals surface area contributed by atoms with Crippen molar-refractivity contribution in [3.63, 3.8) is 0 Å². The minimum Gasteiger partial charge on any atom is -0.225 e. The van der Waals surface area contributed by atoms with E-state index in [0.717, 1.165) is 15.4 Å². The van der Waals surface area contributed by atoms with Crippen molar-refractivity contribution in [3.05, 3.63) is 16.0 Å². The van der Waals surface area contributed by atoms with Gasteiger partial charge in [0.05, 0.1) is 4.47 Å². The lowest BCUT2D eigenvalue weighted by molar-refractivity contribution is 0.394. The maximum atomic E-state index is 5.81. The van der Waals surface area contributed by atoms with Crippen molar-refractivity contribution >= 4 is 39.3 Å². The summed E-state index contributed by atoms with van der Waals surface area (Å²) in [5.41, 5.74) is 0. The van der Waals surface area contributed by atoms with Crippen molar-refractivity contribution in [2.24, 2.45) is 5.92 Å². The molecule has 0 amide bonds. The van der Waals surface area contributed by atoms with Crippen molar-refractivity contribution in [2.75, 3.05) is 0 Å².